The summed E-state index contributed by atoms with van der Waals surface area (Å²) in [6.45, 7) is 3.94. The van der Waals surface area contributed by atoms with Gasteiger partial charge in [-0.3, -0.25) is 0 Å². The number of nitrogen functional groups attached to an aromatic ring is 1. The number of rotatable bonds is 3. The van der Waals surface area contributed by atoms with Gasteiger partial charge in [0, 0.05) is 14.1 Å². The number of hydrogen-bond acceptors (Lipinski definition) is 5. The highest BCUT2D eigenvalue weighted by molar-refractivity contribution is 7.11. The first kappa shape index (κ1) is 10.1. The summed E-state index contributed by atoms with van der Waals surface area (Å²) in [6, 6.07) is 0. The smallest absolute Gasteiger partial charge is 0.198 e. The third kappa shape index (κ3) is 2.24. The average molecular weight is 201 g/mol. The molecule has 74 valence electrons. The minimum absolute atomic E-state index is 0.123. The average Bonchev–Trinajstić information content (AvgIpc) is 2.32. The van der Waals surface area contributed by atoms with Gasteiger partial charge in [-0.15, -0.1) is 0 Å². The predicted molar refractivity (Wildman–Crippen MR) is 56.6 cm³/mol. The summed E-state index contributed by atoms with van der Waals surface area (Å²) in [5, 5.41) is 0.964. The molecule has 0 aliphatic rings. The van der Waals surface area contributed by atoms with Crippen LogP contribution in [0.1, 0.15) is 13.8 Å². The van der Waals surface area contributed by atoms with E-state index in [1.807, 2.05) is 32.8 Å². The van der Waals surface area contributed by atoms with Crippen molar-refractivity contribution in [3.8, 4) is 5.75 Å². The fourth-order valence-corrected chi connectivity index (χ4v) is 1.58. The molecule has 0 atom stereocenters. The lowest BCUT2D eigenvalue weighted by atomic mass is 10.4. The van der Waals surface area contributed by atoms with Gasteiger partial charge in [-0.2, -0.15) is 4.37 Å². The molecule has 0 aromatic carbocycles. The van der Waals surface area contributed by atoms with Gasteiger partial charge in [0.25, 0.3) is 0 Å². The van der Waals surface area contributed by atoms with E-state index in [9.17, 15) is 0 Å². The van der Waals surface area contributed by atoms with Crippen molar-refractivity contribution in [3.05, 3.63) is 0 Å². The third-order valence-electron chi connectivity index (χ3n) is 1.42. The van der Waals surface area contributed by atoms with E-state index in [1.165, 1.54) is 11.5 Å². The third-order valence-corrected chi connectivity index (χ3v) is 2.43. The Bertz CT molecular complexity index is 283. The van der Waals surface area contributed by atoms with E-state index in [0.717, 1.165) is 5.00 Å². The Kier molecular flexibility index (Phi) is 2.98. The fourth-order valence-electron chi connectivity index (χ4n) is 0.916. The minimum Gasteiger partial charge on any atom is -0.484 e. The second kappa shape index (κ2) is 3.83. The molecule has 1 aromatic rings. The van der Waals surface area contributed by atoms with Crippen molar-refractivity contribution in [1.29, 1.82) is 0 Å². The zero-order chi connectivity index (χ0) is 10.0. The Labute approximate surface area is 82.5 Å². The van der Waals surface area contributed by atoms with Gasteiger partial charge in [-0.05, 0) is 25.4 Å². The predicted octanol–water partition coefficient (Wildman–Crippen LogP) is 1.58. The molecular formula is C8H15N3OS. The highest BCUT2D eigenvalue weighted by Crippen LogP contribution is 2.37. The zero-order valence-electron chi connectivity index (χ0n) is 8.37. The van der Waals surface area contributed by atoms with E-state index in [2.05, 4.69) is 4.37 Å². The lowest BCUT2D eigenvalue weighted by molar-refractivity contribution is 0.245. The summed E-state index contributed by atoms with van der Waals surface area (Å²) in [5.41, 5.74) is 5.68. The summed E-state index contributed by atoms with van der Waals surface area (Å²) in [4.78, 5) is 1.95. The summed E-state index contributed by atoms with van der Waals surface area (Å²) in [6.07, 6.45) is 0.123. The molecule has 1 heterocycles. The van der Waals surface area contributed by atoms with Crippen LogP contribution in [-0.2, 0) is 0 Å². The first-order valence-electron chi connectivity index (χ1n) is 4.11. The first-order chi connectivity index (χ1) is 6.02. The largest absolute Gasteiger partial charge is 0.484 e. The van der Waals surface area contributed by atoms with E-state index in [0.29, 0.717) is 11.6 Å². The lowest BCUT2D eigenvalue weighted by Crippen LogP contribution is -2.12. The van der Waals surface area contributed by atoms with Crippen molar-refractivity contribution in [2.45, 2.75) is 20.0 Å². The van der Waals surface area contributed by atoms with Crippen molar-refractivity contribution >= 4 is 22.4 Å². The van der Waals surface area contributed by atoms with Crippen LogP contribution in [0.4, 0.5) is 10.8 Å². The topological polar surface area (TPSA) is 51.4 Å². The van der Waals surface area contributed by atoms with Crippen molar-refractivity contribution in [1.82, 2.24) is 4.37 Å². The van der Waals surface area contributed by atoms with Gasteiger partial charge in [-0.1, -0.05) is 0 Å². The summed E-state index contributed by atoms with van der Waals surface area (Å²) >= 11 is 1.35. The molecule has 0 amide bonds. The summed E-state index contributed by atoms with van der Waals surface area (Å²) in [5.74, 6) is 1.17. The van der Waals surface area contributed by atoms with E-state index in [1.54, 1.807) is 0 Å². The van der Waals surface area contributed by atoms with Crippen LogP contribution >= 0.6 is 11.5 Å². The van der Waals surface area contributed by atoms with Gasteiger partial charge in [0.1, 0.15) is 0 Å². The zero-order valence-corrected chi connectivity index (χ0v) is 9.18. The molecule has 2 N–H and O–H groups in total. The van der Waals surface area contributed by atoms with Crippen molar-refractivity contribution < 1.29 is 4.74 Å². The highest BCUT2D eigenvalue weighted by atomic mass is 32.1. The van der Waals surface area contributed by atoms with Gasteiger partial charge in [0.15, 0.2) is 16.6 Å². The molecule has 0 aliphatic carbocycles. The van der Waals surface area contributed by atoms with Crippen LogP contribution in [0.2, 0.25) is 0 Å². The second-order valence-electron chi connectivity index (χ2n) is 3.26. The quantitative estimate of drug-likeness (QED) is 0.806. The second-order valence-corrected chi connectivity index (χ2v) is 4.01. The molecule has 0 saturated heterocycles. The number of nitrogens with zero attached hydrogens (tertiary/aromatic N) is 2. The van der Waals surface area contributed by atoms with Crippen LogP contribution in [0.25, 0.3) is 0 Å². The van der Waals surface area contributed by atoms with E-state index >= 15 is 0 Å². The highest BCUT2D eigenvalue weighted by Gasteiger charge is 2.15. The van der Waals surface area contributed by atoms with Gasteiger partial charge < -0.3 is 15.4 Å². The maximum atomic E-state index is 5.68. The number of aromatic nitrogens is 1. The monoisotopic (exact) mass is 201 g/mol. The SMILES string of the molecule is CC(C)Oc1c(N)nsc1N(C)C. The van der Waals surface area contributed by atoms with Crippen LogP contribution < -0.4 is 15.4 Å². The number of anilines is 2. The van der Waals surface area contributed by atoms with Gasteiger partial charge in [0.2, 0.25) is 0 Å². The standard InChI is InChI=1S/C8H15N3OS/c1-5(2)12-6-7(9)10-13-8(6)11(3)4/h5H,1-4H3,(H2,9,10). The first-order valence-corrected chi connectivity index (χ1v) is 4.88. The van der Waals surface area contributed by atoms with Crippen LogP contribution in [0.15, 0.2) is 0 Å². The Hall–Kier alpha value is -0.970. The summed E-state index contributed by atoms with van der Waals surface area (Å²) in [7, 11) is 3.89. The molecule has 1 rings (SSSR count). The van der Waals surface area contributed by atoms with E-state index in [-0.39, 0.29) is 6.10 Å². The van der Waals surface area contributed by atoms with Crippen LogP contribution in [0.3, 0.4) is 0 Å². The van der Waals surface area contributed by atoms with Crippen LogP contribution in [0.5, 0.6) is 5.75 Å². The molecule has 0 fully saturated rings. The molecule has 0 radical (unpaired) electrons. The van der Waals surface area contributed by atoms with Crippen molar-refractivity contribution in [2.75, 3.05) is 24.7 Å². The van der Waals surface area contributed by atoms with E-state index < -0.39 is 0 Å². The summed E-state index contributed by atoms with van der Waals surface area (Å²) < 4.78 is 9.60. The molecule has 0 spiro atoms. The molecular weight excluding hydrogens is 186 g/mol. The van der Waals surface area contributed by atoms with Crippen molar-refractivity contribution in [2.24, 2.45) is 0 Å². The fraction of sp³-hybridized carbons (Fsp3) is 0.625. The Morgan fingerprint density at radius 2 is 2.08 bits per heavy atom. The minimum atomic E-state index is 0.123. The molecule has 4 nitrogen and oxygen atoms in total. The molecule has 0 bridgehead atoms. The van der Waals surface area contributed by atoms with Gasteiger partial charge in [0.05, 0.1) is 6.10 Å². The maximum Gasteiger partial charge on any atom is 0.198 e. The molecule has 0 unspecified atom stereocenters. The van der Waals surface area contributed by atoms with Gasteiger partial charge >= 0.3 is 0 Å². The molecule has 0 saturated carbocycles. The number of nitrogens with two attached hydrogens (primary N) is 1. The Balaban J connectivity index is 2.94. The lowest BCUT2D eigenvalue weighted by Gasteiger charge is -2.14. The molecule has 1 aromatic heterocycles. The molecule has 13 heavy (non-hydrogen) atoms. The molecule has 5 heteroatoms. The van der Waals surface area contributed by atoms with E-state index in [4.69, 9.17) is 10.5 Å². The molecule has 0 aliphatic heterocycles. The van der Waals surface area contributed by atoms with Gasteiger partial charge in [-0.25, -0.2) is 0 Å². The number of ether oxygens (including phenoxy) is 1. The Morgan fingerprint density at radius 1 is 1.46 bits per heavy atom. The maximum absolute atomic E-state index is 5.68. The normalized spacial score (nSPS) is 10.5. The Morgan fingerprint density at radius 3 is 2.54 bits per heavy atom. The number of hydrogen-bond donors (Lipinski definition) is 1. The van der Waals surface area contributed by atoms with Crippen molar-refractivity contribution in [3.63, 3.8) is 0 Å². The van der Waals surface area contributed by atoms with Crippen LogP contribution in [-0.4, -0.2) is 24.6 Å². The van der Waals surface area contributed by atoms with Crippen LogP contribution in [0, 0.1) is 0 Å².